The Labute approximate surface area is 105 Å². The number of carbonyl (C=O) groups excluding carboxylic acids is 1. The number of nitrogens with zero attached hydrogens (tertiary/aromatic N) is 2. The molecule has 0 spiro atoms. The van der Waals surface area contributed by atoms with Gasteiger partial charge in [0.1, 0.15) is 0 Å². The number of benzene rings is 1. The summed E-state index contributed by atoms with van der Waals surface area (Å²) in [5.74, 6) is 0. The van der Waals surface area contributed by atoms with Crippen molar-refractivity contribution in [1.29, 1.82) is 0 Å². The van der Waals surface area contributed by atoms with Gasteiger partial charge >= 0.3 is 6.09 Å². The lowest BCUT2D eigenvalue weighted by Gasteiger charge is -2.21. The third-order valence-electron chi connectivity index (χ3n) is 2.66. The summed E-state index contributed by atoms with van der Waals surface area (Å²) in [5.41, 5.74) is 1.42. The van der Waals surface area contributed by atoms with E-state index in [0.717, 1.165) is 5.56 Å². The van der Waals surface area contributed by atoms with Crippen LogP contribution in [0.3, 0.4) is 0 Å². The first-order chi connectivity index (χ1) is 8.54. The number of aryl methyl sites for hydroxylation is 1. The molecule has 0 fully saturated rings. The van der Waals surface area contributed by atoms with Crippen molar-refractivity contribution in [3.05, 3.63) is 33.9 Å². The quantitative estimate of drug-likeness (QED) is 0.610. The lowest BCUT2D eigenvalue weighted by atomic mass is 10.1. The maximum atomic E-state index is 11.6. The van der Waals surface area contributed by atoms with E-state index in [2.05, 4.69) is 4.74 Å². The third-order valence-corrected chi connectivity index (χ3v) is 2.66. The molecule has 0 heterocycles. The Balaban J connectivity index is 3.22. The maximum absolute atomic E-state index is 11.6. The molecule has 0 aliphatic heterocycles. The fraction of sp³-hybridized carbons (Fsp3) is 0.417. The summed E-state index contributed by atoms with van der Waals surface area (Å²) in [6, 6.07) is 4.46. The first kappa shape index (κ1) is 14.0. The molecular formula is C12H16N2O4. The second-order valence-corrected chi connectivity index (χ2v) is 3.64. The summed E-state index contributed by atoms with van der Waals surface area (Å²) < 4.78 is 4.69. The maximum Gasteiger partial charge on any atom is 0.413 e. The number of ether oxygens (including phenoxy) is 1. The minimum absolute atomic E-state index is 0.0246. The molecule has 1 aromatic rings. The molecule has 0 aromatic heterocycles. The molecule has 1 amide bonds. The van der Waals surface area contributed by atoms with Crippen LogP contribution in [-0.4, -0.2) is 24.7 Å². The van der Waals surface area contributed by atoms with Gasteiger partial charge in [0.15, 0.2) is 0 Å². The van der Waals surface area contributed by atoms with E-state index in [1.807, 2.05) is 13.8 Å². The summed E-state index contributed by atoms with van der Waals surface area (Å²) in [5, 5.41) is 10.7. The Morgan fingerprint density at radius 3 is 2.56 bits per heavy atom. The van der Waals surface area contributed by atoms with Crippen LogP contribution in [0.15, 0.2) is 18.2 Å². The topological polar surface area (TPSA) is 72.7 Å². The van der Waals surface area contributed by atoms with Gasteiger partial charge < -0.3 is 4.74 Å². The third kappa shape index (κ3) is 2.77. The molecule has 98 valence electrons. The van der Waals surface area contributed by atoms with Gasteiger partial charge in [0.2, 0.25) is 0 Å². The Hall–Kier alpha value is -2.11. The van der Waals surface area contributed by atoms with E-state index >= 15 is 0 Å². The lowest BCUT2D eigenvalue weighted by Crippen LogP contribution is -2.31. The van der Waals surface area contributed by atoms with E-state index in [-0.39, 0.29) is 5.69 Å². The van der Waals surface area contributed by atoms with Crippen LogP contribution in [0.25, 0.3) is 0 Å². The smallest absolute Gasteiger partial charge is 0.413 e. The van der Waals surface area contributed by atoms with E-state index in [9.17, 15) is 14.9 Å². The highest BCUT2D eigenvalue weighted by atomic mass is 16.6. The molecule has 18 heavy (non-hydrogen) atoms. The van der Waals surface area contributed by atoms with Gasteiger partial charge in [-0.1, -0.05) is 6.92 Å². The van der Waals surface area contributed by atoms with Gasteiger partial charge in [-0.25, -0.2) is 4.79 Å². The predicted molar refractivity (Wildman–Crippen MR) is 67.9 cm³/mol. The number of rotatable bonds is 4. The Kier molecular flexibility index (Phi) is 4.65. The van der Waals surface area contributed by atoms with Gasteiger partial charge in [-0.3, -0.25) is 15.0 Å². The SMILES string of the molecule is CCc1cc([N+](=O)[O-])ccc1N(CC)C(=O)OC. The van der Waals surface area contributed by atoms with Crippen LogP contribution in [0.2, 0.25) is 0 Å². The number of anilines is 1. The van der Waals surface area contributed by atoms with Gasteiger partial charge in [0.05, 0.1) is 17.7 Å². The number of carbonyl (C=O) groups is 1. The van der Waals surface area contributed by atoms with Crippen LogP contribution >= 0.6 is 0 Å². The largest absolute Gasteiger partial charge is 0.452 e. The molecule has 0 atom stereocenters. The van der Waals surface area contributed by atoms with E-state index in [1.165, 1.54) is 24.1 Å². The van der Waals surface area contributed by atoms with Gasteiger partial charge in [-0.2, -0.15) is 0 Å². The van der Waals surface area contributed by atoms with Crippen molar-refractivity contribution >= 4 is 17.5 Å². The van der Waals surface area contributed by atoms with Crippen LogP contribution in [0.1, 0.15) is 19.4 Å². The monoisotopic (exact) mass is 252 g/mol. The normalized spacial score (nSPS) is 9.94. The van der Waals surface area contributed by atoms with Crippen molar-refractivity contribution in [2.75, 3.05) is 18.6 Å². The fourth-order valence-corrected chi connectivity index (χ4v) is 1.74. The molecule has 0 unspecified atom stereocenters. The van der Waals surface area contributed by atoms with Crippen LogP contribution in [-0.2, 0) is 11.2 Å². The molecule has 0 saturated heterocycles. The number of amides is 1. The Bertz CT molecular complexity index is 459. The van der Waals surface area contributed by atoms with Crippen molar-refractivity contribution in [3.8, 4) is 0 Å². The Morgan fingerprint density at radius 2 is 2.11 bits per heavy atom. The Morgan fingerprint density at radius 1 is 1.44 bits per heavy atom. The van der Waals surface area contributed by atoms with Crippen molar-refractivity contribution < 1.29 is 14.5 Å². The van der Waals surface area contributed by atoms with Crippen molar-refractivity contribution in [2.45, 2.75) is 20.3 Å². The molecule has 0 aliphatic carbocycles. The van der Waals surface area contributed by atoms with Crippen LogP contribution in [0, 0.1) is 10.1 Å². The van der Waals surface area contributed by atoms with E-state index < -0.39 is 11.0 Å². The fourth-order valence-electron chi connectivity index (χ4n) is 1.74. The van der Waals surface area contributed by atoms with E-state index in [4.69, 9.17) is 0 Å². The van der Waals surface area contributed by atoms with Crippen molar-refractivity contribution in [3.63, 3.8) is 0 Å². The minimum atomic E-state index is -0.471. The first-order valence-corrected chi connectivity index (χ1v) is 5.67. The number of methoxy groups -OCH3 is 1. The highest BCUT2D eigenvalue weighted by Crippen LogP contribution is 2.26. The van der Waals surface area contributed by atoms with Crippen LogP contribution < -0.4 is 4.90 Å². The zero-order valence-corrected chi connectivity index (χ0v) is 10.7. The summed E-state index contributed by atoms with van der Waals surface area (Å²) >= 11 is 0. The number of nitro benzene ring substituents is 1. The molecule has 0 radical (unpaired) electrons. The predicted octanol–water partition coefficient (Wildman–Crippen LogP) is 2.75. The molecule has 0 N–H and O–H groups in total. The minimum Gasteiger partial charge on any atom is -0.452 e. The number of hydrogen-bond acceptors (Lipinski definition) is 4. The lowest BCUT2D eigenvalue weighted by molar-refractivity contribution is -0.384. The number of hydrogen-bond donors (Lipinski definition) is 0. The highest BCUT2D eigenvalue weighted by Gasteiger charge is 2.19. The summed E-state index contributed by atoms with van der Waals surface area (Å²) in [6.07, 6.45) is 0.130. The molecule has 1 rings (SSSR count). The standard InChI is InChI=1S/C12H16N2O4/c1-4-9-8-10(14(16)17)6-7-11(9)13(5-2)12(15)18-3/h6-8H,4-5H2,1-3H3. The summed E-state index contributed by atoms with van der Waals surface area (Å²) in [7, 11) is 1.31. The zero-order chi connectivity index (χ0) is 13.7. The molecule has 6 heteroatoms. The first-order valence-electron chi connectivity index (χ1n) is 5.67. The molecule has 0 aliphatic rings. The highest BCUT2D eigenvalue weighted by molar-refractivity contribution is 5.88. The van der Waals surface area contributed by atoms with E-state index in [0.29, 0.717) is 18.7 Å². The summed E-state index contributed by atoms with van der Waals surface area (Å²) in [4.78, 5) is 23.3. The molecule has 0 saturated carbocycles. The second kappa shape index (κ2) is 6.00. The average Bonchev–Trinajstić information content (AvgIpc) is 2.39. The number of nitro groups is 1. The van der Waals surface area contributed by atoms with Crippen LogP contribution in [0.4, 0.5) is 16.2 Å². The van der Waals surface area contributed by atoms with Crippen molar-refractivity contribution in [2.24, 2.45) is 0 Å². The zero-order valence-electron chi connectivity index (χ0n) is 10.7. The molecule has 6 nitrogen and oxygen atoms in total. The second-order valence-electron chi connectivity index (χ2n) is 3.64. The average molecular weight is 252 g/mol. The van der Waals surface area contributed by atoms with Crippen LogP contribution in [0.5, 0.6) is 0 Å². The van der Waals surface area contributed by atoms with Gasteiger partial charge in [-0.05, 0) is 25.0 Å². The number of non-ortho nitro benzene ring substituents is 1. The van der Waals surface area contributed by atoms with E-state index in [1.54, 1.807) is 6.07 Å². The molecular weight excluding hydrogens is 236 g/mol. The van der Waals surface area contributed by atoms with Crippen molar-refractivity contribution in [1.82, 2.24) is 0 Å². The summed E-state index contributed by atoms with van der Waals surface area (Å²) in [6.45, 7) is 4.14. The van der Waals surface area contributed by atoms with Gasteiger partial charge in [0, 0.05) is 18.7 Å². The van der Waals surface area contributed by atoms with Gasteiger partial charge in [0.25, 0.3) is 5.69 Å². The molecule has 1 aromatic carbocycles. The molecule has 0 bridgehead atoms. The van der Waals surface area contributed by atoms with Gasteiger partial charge in [-0.15, -0.1) is 0 Å².